The van der Waals surface area contributed by atoms with Gasteiger partial charge in [-0.15, -0.1) is 0 Å². The van der Waals surface area contributed by atoms with Gasteiger partial charge in [0.25, 0.3) is 0 Å². The van der Waals surface area contributed by atoms with Gasteiger partial charge in [-0.25, -0.2) is 4.79 Å². The summed E-state index contributed by atoms with van der Waals surface area (Å²) >= 11 is 0. The van der Waals surface area contributed by atoms with E-state index < -0.39 is 5.97 Å². The van der Waals surface area contributed by atoms with Gasteiger partial charge in [0.05, 0.1) is 12.6 Å². The Balaban J connectivity index is 2.57. The first kappa shape index (κ1) is 16.2. The lowest BCUT2D eigenvalue weighted by atomic mass is 10.2. The van der Waals surface area contributed by atoms with Crippen LogP contribution in [0.1, 0.15) is 41.6 Å². The molecule has 0 aromatic carbocycles. The second-order valence-electron chi connectivity index (χ2n) is 4.82. The minimum Gasteiger partial charge on any atom is -0.478 e. The van der Waals surface area contributed by atoms with Gasteiger partial charge in [0, 0.05) is 20.6 Å². The minimum absolute atomic E-state index is 0.0279. The number of furan rings is 1. The van der Waals surface area contributed by atoms with Gasteiger partial charge < -0.3 is 19.2 Å². The number of methoxy groups -OCH3 is 1. The molecule has 1 rings (SSSR count). The van der Waals surface area contributed by atoms with Crippen molar-refractivity contribution in [2.24, 2.45) is 0 Å². The molecule has 112 valence electrons. The van der Waals surface area contributed by atoms with E-state index in [1.54, 1.807) is 21.1 Å². The van der Waals surface area contributed by atoms with Crippen molar-refractivity contribution in [2.45, 2.75) is 39.3 Å². The molecular formula is C14H21NO5. The summed E-state index contributed by atoms with van der Waals surface area (Å²) in [7, 11) is 3.27. The van der Waals surface area contributed by atoms with Crippen LogP contribution < -0.4 is 0 Å². The molecule has 1 heterocycles. The van der Waals surface area contributed by atoms with Crippen LogP contribution in [0.15, 0.2) is 10.5 Å². The van der Waals surface area contributed by atoms with Crippen LogP contribution in [0.4, 0.5) is 0 Å². The van der Waals surface area contributed by atoms with Gasteiger partial charge in [0.2, 0.25) is 5.91 Å². The zero-order valence-electron chi connectivity index (χ0n) is 12.3. The number of amides is 1. The van der Waals surface area contributed by atoms with Gasteiger partial charge in [-0.1, -0.05) is 0 Å². The lowest BCUT2D eigenvalue weighted by Crippen LogP contribution is -2.26. The van der Waals surface area contributed by atoms with E-state index in [1.165, 1.54) is 11.0 Å². The molecule has 0 aliphatic carbocycles. The van der Waals surface area contributed by atoms with Gasteiger partial charge in [-0.3, -0.25) is 4.79 Å². The highest BCUT2D eigenvalue weighted by molar-refractivity contribution is 5.88. The lowest BCUT2D eigenvalue weighted by Gasteiger charge is -2.17. The van der Waals surface area contributed by atoms with Crippen LogP contribution in [0, 0.1) is 6.92 Å². The monoisotopic (exact) mass is 283 g/mol. The Hall–Kier alpha value is -1.82. The van der Waals surface area contributed by atoms with E-state index >= 15 is 0 Å². The normalized spacial score (nSPS) is 12.2. The van der Waals surface area contributed by atoms with E-state index in [0.717, 1.165) is 0 Å². The van der Waals surface area contributed by atoms with Gasteiger partial charge in [-0.05, 0) is 26.3 Å². The number of carbonyl (C=O) groups excluding carboxylic acids is 1. The Morgan fingerprint density at radius 1 is 1.50 bits per heavy atom. The van der Waals surface area contributed by atoms with E-state index in [9.17, 15) is 9.59 Å². The van der Waals surface area contributed by atoms with Crippen LogP contribution in [0.2, 0.25) is 0 Å². The molecule has 0 bridgehead atoms. The number of ether oxygens (including phenoxy) is 1. The molecule has 0 saturated carbocycles. The zero-order chi connectivity index (χ0) is 15.3. The number of carboxylic acids is 1. The first-order valence-electron chi connectivity index (χ1n) is 6.44. The highest BCUT2D eigenvalue weighted by atomic mass is 16.5. The SMILES string of the molecule is COC(C)CCC(=O)N(C)Cc1cc(C(=O)O)c(C)o1. The molecule has 0 spiro atoms. The van der Waals surface area contributed by atoms with Crippen molar-refractivity contribution in [1.29, 1.82) is 0 Å². The van der Waals surface area contributed by atoms with Gasteiger partial charge >= 0.3 is 5.97 Å². The Kier molecular flexibility index (Phi) is 5.76. The van der Waals surface area contributed by atoms with Crippen molar-refractivity contribution in [3.8, 4) is 0 Å². The molecule has 20 heavy (non-hydrogen) atoms. The predicted molar refractivity (Wildman–Crippen MR) is 72.6 cm³/mol. The van der Waals surface area contributed by atoms with E-state index in [2.05, 4.69) is 0 Å². The number of carbonyl (C=O) groups is 2. The number of hydrogen-bond donors (Lipinski definition) is 1. The molecule has 0 radical (unpaired) electrons. The number of nitrogens with zero attached hydrogens (tertiary/aromatic N) is 1. The molecular weight excluding hydrogens is 262 g/mol. The second-order valence-corrected chi connectivity index (χ2v) is 4.82. The number of aryl methyl sites for hydroxylation is 1. The fraction of sp³-hybridized carbons (Fsp3) is 0.571. The third-order valence-electron chi connectivity index (χ3n) is 3.19. The Morgan fingerprint density at radius 3 is 2.65 bits per heavy atom. The Labute approximate surface area is 118 Å². The van der Waals surface area contributed by atoms with Crippen LogP contribution >= 0.6 is 0 Å². The van der Waals surface area contributed by atoms with Crippen LogP contribution in [0.3, 0.4) is 0 Å². The van der Waals surface area contributed by atoms with Crippen molar-refractivity contribution >= 4 is 11.9 Å². The summed E-state index contributed by atoms with van der Waals surface area (Å²) in [6, 6.07) is 1.46. The summed E-state index contributed by atoms with van der Waals surface area (Å²) in [4.78, 5) is 24.3. The summed E-state index contributed by atoms with van der Waals surface area (Å²) in [6.45, 7) is 3.76. The summed E-state index contributed by atoms with van der Waals surface area (Å²) in [6.07, 6.45) is 1.07. The van der Waals surface area contributed by atoms with Crippen LogP contribution in [0.5, 0.6) is 0 Å². The Bertz CT molecular complexity index is 480. The predicted octanol–water partition coefficient (Wildman–Crippen LogP) is 2.06. The minimum atomic E-state index is -1.03. The quantitative estimate of drug-likeness (QED) is 0.828. The highest BCUT2D eigenvalue weighted by Gasteiger charge is 2.17. The van der Waals surface area contributed by atoms with E-state index in [0.29, 0.717) is 24.4 Å². The van der Waals surface area contributed by atoms with E-state index in [4.69, 9.17) is 14.3 Å². The molecule has 1 aromatic rings. The molecule has 1 atom stereocenters. The molecule has 1 amide bonds. The highest BCUT2D eigenvalue weighted by Crippen LogP contribution is 2.16. The number of rotatable bonds is 7. The average Bonchev–Trinajstić information content (AvgIpc) is 2.76. The molecule has 1 aromatic heterocycles. The molecule has 0 aliphatic rings. The molecule has 6 heteroatoms. The Morgan fingerprint density at radius 2 is 2.15 bits per heavy atom. The summed E-state index contributed by atoms with van der Waals surface area (Å²) < 4.78 is 10.4. The van der Waals surface area contributed by atoms with Crippen molar-refractivity contribution in [3.05, 3.63) is 23.2 Å². The maximum atomic E-state index is 11.9. The number of carboxylic acid groups (broad SMARTS) is 1. The van der Waals surface area contributed by atoms with Crippen molar-refractivity contribution in [3.63, 3.8) is 0 Å². The fourth-order valence-electron chi connectivity index (χ4n) is 1.79. The zero-order valence-corrected chi connectivity index (χ0v) is 12.3. The molecule has 1 unspecified atom stereocenters. The molecule has 0 fully saturated rings. The topological polar surface area (TPSA) is 80.0 Å². The van der Waals surface area contributed by atoms with Crippen LogP contribution in [0.25, 0.3) is 0 Å². The molecule has 0 saturated heterocycles. The summed E-state index contributed by atoms with van der Waals surface area (Å²) in [5, 5.41) is 8.94. The molecule has 0 aliphatic heterocycles. The summed E-state index contributed by atoms with van der Waals surface area (Å²) in [5.41, 5.74) is 0.133. The van der Waals surface area contributed by atoms with Crippen molar-refractivity contribution in [1.82, 2.24) is 4.90 Å². The summed E-state index contributed by atoms with van der Waals surface area (Å²) in [5.74, 6) is -0.239. The van der Waals surface area contributed by atoms with Crippen LogP contribution in [-0.2, 0) is 16.1 Å². The standard InChI is InChI=1S/C14H21NO5/c1-9(19-4)5-6-13(16)15(3)8-11-7-12(14(17)18)10(2)20-11/h7,9H,5-6,8H2,1-4H3,(H,17,18). The molecule has 1 N–H and O–H groups in total. The first-order valence-corrected chi connectivity index (χ1v) is 6.44. The number of hydrogen-bond acceptors (Lipinski definition) is 4. The van der Waals surface area contributed by atoms with Crippen molar-refractivity contribution in [2.75, 3.05) is 14.2 Å². The molecule has 6 nitrogen and oxygen atoms in total. The van der Waals surface area contributed by atoms with Crippen molar-refractivity contribution < 1.29 is 23.8 Å². The lowest BCUT2D eigenvalue weighted by molar-refractivity contribution is -0.131. The van der Waals surface area contributed by atoms with Gasteiger partial charge in [0.15, 0.2) is 0 Å². The van der Waals surface area contributed by atoms with Crippen LogP contribution in [-0.4, -0.2) is 42.1 Å². The van der Waals surface area contributed by atoms with E-state index in [1.807, 2.05) is 6.92 Å². The maximum Gasteiger partial charge on any atom is 0.339 e. The number of aromatic carboxylic acids is 1. The van der Waals surface area contributed by atoms with Gasteiger partial charge in [0.1, 0.15) is 17.1 Å². The fourth-order valence-corrected chi connectivity index (χ4v) is 1.79. The largest absolute Gasteiger partial charge is 0.478 e. The van der Waals surface area contributed by atoms with E-state index in [-0.39, 0.29) is 24.1 Å². The third-order valence-corrected chi connectivity index (χ3v) is 3.19. The smallest absolute Gasteiger partial charge is 0.339 e. The maximum absolute atomic E-state index is 11.9. The first-order chi connectivity index (χ1) is 9.35. The third kappa shape index (κ3) is 4.38. The van der Waals surface area contributed by atoms with Gasteiger partial charge in [-0.2, -0.15) is 0 Å². The average molecular weight is 283 g/mol. The second kappa shape index (κ2) is 7.09.